The molecule has 112 valence electrons. The first kappa shape index (κ1) is 14.8. The number of amides is 1. The molecule has 0 aliphatic carbocycles. The Morgan fingerprint density at radius 2 is 2.15 bits per heavy atom. The Labute approximate surface area is 120 Å². The van der Waals surface area contributed by atoms with Crippen LogP contribution in [0.2, 0.25) is 0 Å². The second-order valence-corrected chi connectivity index (χ2v) is 5.84. The monoisotopic (exact) mass is 279 g/mol. The highest BCUT2D eigenvalue weighted by atomic mass is 16.2. The maximum atomic E-state index is 12.2. The van der Waals surface area contributed by atoms with Crippen molar-refractivity contribution in [2.24, 2.45) is 0 Å². The molecule has 1 aromatic heterocycles. The number of carbonyl (C=O) groups is 1. The van der Waals surface area contributed by atoms with Crippen molar-refractivity contribution in [2.75, 3.05) is 25.9 Å². The minimum Gasteiger partial charge on any atom is -0.396 e. The van der Waals surface area contributed by atoms with Crippen molar-refractivity contribution in [2.45, 2.75) is 45.3 Å². The summed E-state index contributed by atoms with van der Waals surface area (Å²) in [5.41, 5.74) is 6.19. The molecule has 1 aliphatic rings. The summed E-state index contributed by atoms with van der Waals surface area (Å²) in [6.45, 7) is 6.83. The van der Waals surface area contributed by atoms with Crippen LogP contribution in [0.15, 0.2) is 12.4 Å². The summed E-state index contributed by atoms with van der Waals surface area (Å²) in [5.74, 6) is 0.0936. The van der Waals surface area contributed by atoms with Crippen LogP contribution in [0.1, 0.15) is 26.7 Å². The van der Waals surface area contributed by atoms with E-state index in [1.165, 1.54) is 0 Å². The zero-order valence-electron chi connectivity index (χ0n) is 12.6. The molecule has 1 amide bonds. The number of likely N-dealkylation sites (N-methyl/N-ethyl adjacent to an activating group) is 1. The molecule has 0 unspecified atom stereocenters. The van der Waals surface area contributed by atoms with E-state index in [0.29, 0.717) is 17.8 Å². The van der Waals surface area contributed by atoms with E-state index in [1.807, 2.05) is 11.9 Å². The lowest BCUT2D eigenvalue weighted by Gasteiger charge is -2.38. The molecule has 0 bridgehead atoms. The van der Waals surface area contributed by atoms with E-state index in [4.69, 9.17) is 5.73 Å². The van der Waals surface area contributed by atoms with Gasteiger partial charge in [0.15, 0.2) is 0 Å². The van der Waals surface area contributed by atoms with Crippen LogP contribution < -0.4 is 5.73 Å². The van der Waals surface area contributed by atoms with Crippen molar-refractivity contribution in [3.05, 3.63) is 12.4 Å². The van der Waals surface area contributed by atoms with Gasteiger partial charge >= 0.3 is 0 Å². The highest BCUT2D eigenvalue weighted by Crippen LogP contribution is 2.17. The summed E-state index contributed by atoms with van der Waals surface area (Å²) >= 11 is 0. The Kier molecular flexibility index (Phi) is 4.65. The summed E-state index contributed by atoms with van der Waals surface area (Å²) in [6, 6.07) is 0.925. The standard InChI is InChI=1S/C14H25N5O/c1-11(2)18-6-4-13(5-7-18)17(3)14(20)10-19-9-12(15)8-16-19/h8-9,11,13H,4-7,10,15H2,1-3H3. The molecule has 0 saturated carbocycles. The molecule has 20 heavy (non-hydrogen) atoms. The normalized spacial score (nSPS) is 17.6. The number of anilines is 1. The number of hydrogen-bond acceptors (Lipinski definition) is 4. The molecule has 0 radical (unpaired) electrons. The quantitative estimate of drug-likeness (QED) is 0.885. The minimum absolute atomic E-state index is 0.0936. The van der Waals surface area contributed by atoms with Gasteiger partial charge in [0.25, 0.3) is 0 Å². The molecule has 0 spiro atoms. The van der Waals surface area contributed by atoms with Gasteiger partial charge in [-0.3, -0.25) is 9.48 Å². The Morgan fingerprint density at radius 1 is 1.50 bits per heavy atom. The number of likely N-dealkylation sites (tertiary alicyclic amines) is 1. The molecule has 2 rings (SSSR count). The van der Waals surface area contributed by atoms with Gasteiger partial charge in [-0.1, -0.05) is 0 Å². The van der Waals surface area contributed by atoms with Gasteiger partial charge in [-0.05, 0) is 26.7 Å². The van der Waals surface area contributed by atoms with Gasteiger partial charge in [0.05, 0.1) is 11.9 Å². The first-order chi connectivity index (χ1) is 9.47. The Morgan fingerprint density at radius 3 is 2.65 bits per heavy atom. The Bertz CT molecular complexity index is 448. The maximum Gasteiger partial charge on any atom is 0.244 e. The van der Waals surface area contributed by atoms with Gasteiger partial charge in [-0.2, -0.15) is 5.10 Å². The molecule has 2 N–H and O–H groups in total. The smallest absolute Gasteiger partial charge is 0.244 e. The van der Waals surface area contributed by atoms with E-state index >= 15 is 0 Å². The molecular formula is C14H25N5O. The van der Waals surface area contributed by atoms with Crippen LogP contribution in [0, 0.1) is 0 Å². The van der Waals surface area contributed by atoms with Crippen molar-refractivity contribution in [3.8, 4) is 0 Å². The van der Waals surface area contributed by atoms with E-state index in [0.717, 1.165) is 25.9 Å². The average Bonchev–Trinajstić information content (AvgIpc) is 2.83. The van der Waals surface area contributed by atoms with Gasteiger partial charge in [-0.25, -0.2) is 0 Å². The number of hydrogen-bond donors (Lipinski definition) is 1. The molecule has 6 heteroatoms. The molecular weight excluding hydrogens is 254 g/mol. The lowest BCUT2D eigenvalue weighted by Crippen LogP contribution is -2.48. The first-order valence-electron chi connectivity index (χ1n) is 7.25. The fraction of sp³-hybridized carbons (Fsp3) is 0.714. The summed E-state index contributed by atoms with van der Waals surface area (Å²) in [4.78, 5) is 16.6. The number of carbonyl (C=O) groups excluding carboxylic acids is 1. The highest BCUT2D eigenvalue weighted by molar-refractivity contribution is 5.76. The van der Waals surface area contributed by atoms with Crippen LogP contribution in [-0.2, 0) is 11.3 Å². The number of nitrogens with zero attached hydrogens (tertiary/aromatic N) is 4. The summed E-state index contributed by atoms with van der Waals surface area (Å²) in [5, 5.41) is 4.05. The topological polar surface area (TPSA) is 67.4 Å². The number of nitrogens with two attached hydrogens (primary N) is 1. The summed E-state index contributed by atoms with van der Waals surface area (Å²) in [7, 11) is 1.89. The predicted molar refractivity (Wildman–Crippen MR) is 79.1 cm³/mol. The number of piperidine rings is 1. The van der Waals surface area contributed by atoms with Crippen LogP contribution in [0.3, 0.4) is 0 Å². The van der Waals surface area contributed by atoms with E-state index < -0.39 is 0 Å². The molecule has 1 saturated heterocycles. The van der Waals surface area contributed by atoms with Crippen LogP contribution >= 0.6 is 0 Å². The van der Waals surface area contributed by atoms with Crippen molar-refractivity contribution in [1.82, 2.24) is 19.6 Å². The molecule has 1 fully saturated rings. The van der Waals surface area contributed by atoms with Crippen LogP contribution in [0.4, 0.5) is 5.69 Å². The van der Waals surface area contributed by atoms with Gasteiger partial charge in [0.1, 0.15) is 6.54 Å². The third kappa shape index (κ3) is 3.50. The molecule has 1 aromatic rings. The van der Waals surface area contributed by atoms with Crippen LogP contribution in [0.25, 0.3) is 0 Å². The van der Waals surface area contributed by atoms with Gasteiger partial charge in [0, 0.05) is 38.4 Å². The van der Waals surface area contributed by atoms with Crippen molar-refractivity contribution < 1.29 is 4.79 Å². The first-order valence-corrected chi connectivity index (χ1v) is 7.25. The second kappa shape index (κ2) is 6.26. The van der Waals surface area contributed by atoms with E-state index in [1.54, 1.807) is 17.1 Å². The predicted octanol–water partition coefficient (Wildman–Crippen LogP) is 0.797. The lowest BCUT2D eigenvalue weighted by atomic mass is 10.0. The maximum absolute atomic E-state index is 12.2. The zero-order valence-corrected chi connectivity index (χ0v) is 12.6. The third-order valence-corrected chi connectivity index (χ3v) is 4.12. The van der Waals surface area contributed by atoms with Gasteiger partial charge in [-0.15, -0.1) is 0 Å². The largest absolute Gasteiger partial charge is 0.396 e. The molecule has 1 aliphatic heterocycles. The minimum atomic E-state index is 0.0936. The van der Waals surface area contributed by atoms with E-state index in [9.17, 15) is 4.79 Å². The fourth-order valence-electron chi connectivity index (χ4n) is 2.71. The number of aromatic nitrogens is 2. The van der Waals surface area contributed by atoms with Crippen LogP contribution in [-0.4, -0.2) is 57.7 Å². The van der Waals surface area contributed by atoms with Crippen molar-refractivity contribution >= 4 is 11.6 Å². The lowest BCUT2D eigenvalue weighted by molar-refractivity contribution is -0.133. The van der Waals surface area contributed by atoms with Gasteiger partial charge < -0.3 is 15.5 Å². The highest BCUT2D eigenvalue weighted by Gasteiger charge is 2.26. The van der Waals surface area contributed by atoms with Crippen molar-refractivity contribution in [3.63, 3.8) is 0 Å². The van der Waals surface area contributed by atoms with Gasteiger partial charge in [0.2, 0.25) is 5.91 Å². The average molecular weight is 279 g/mol. The fourth-order valence-corrected chi connectivity index (χ4v) is 2.71. The van der Waals surface area contributed by atoms with E-state index in [-0.39, 0.29) is 12.5 Å². The molecule has 0 aromatic carbocycles. The summed E-state index contributed by atoms with van der Waals surface area (Å²) in [6.07, 6.45) is 5.34. The molecule has 2 heterocycles. The summed E-state index contributed by atoms with van der Waals surface area (Å²) < 4.78 is 1.59. The van der Waals surface area contributed by atoms with E-state index in [2.05, 4.69) is 23.8 Å². The number of nitrogen functional groups attached to an aromatic ring is 1. The zero-order chi connectivity index (χ0) is 14.7. The van der Waals surface area contributed by atoms with Crippen molar-refractivity contribution in [1.29, 1.82) is 0 Å². The third-order valence-electron chi connectivity index (χ3n) is 4.12. The Balaban J connectivity index is 1.85. The Hall–Kier alpha value is -1.56. The SMILES string of the molecule is CC(C)N1CCC(N(C)C(=O)Cn2cc(N)cn2)CC1. The van der Waals surface area contributed by atoms with Crippen LogP contribution in [0.5, 0.6) is 0 Å². The number of rotatable bonds is 4. The molecule has 0 atom stereocenters. The second-order valence-electron chi connectivity index (χ2n) is 5.84. The molecule has 6 nitrogen and oxygen atoms in total.